The van der Waals surface area contributed by atoms with Gasteiger partial charge < -0.3 is 9.30 Å². The van der Waals surface area contributed by atoms with Crippen LogP contribution in [0.2, 0.25) is 5.02 Å². The number of benzene rings is 1. The Labute approximate surface area is 144 Å². The highest BCUT2D eigenvalue weighted by molar-refractivity contribution is 6.30. The van der Waals surface area contributed by atoms with Crippen LogP contribution in [0.15, 0.2) is 30.7 Å². The third kappa shape index (κ3) is 3.17. The molecule has 122 valence electrons. The lowest BCUT2D eigenvalue weighted by Gasteiger charge is -2.18. The van der Waals surface area contributed by atoms with Gasteiger partial charge in [-0.3, -0.25) is 0 Å². The number of halogens is 1. The Kier molecular flexibility index (Phi) is 4.63. The number of fused-ring (bicyclic) bond motifs is 1. The summed E-state index contributed by atoms with van der Waals surface area (Å²) in [6.45, 7) is 2.06. The van der Waals surface area contributed by atoms with E-state index in [9.17, 15) is 5.26 Å². The molecule has 6 nitrogen and oxygen atoms in total. The molecule has 7 heteroatoms. The van der Waals surface area contributed by atoms with Crippen LogP contribution < -0.4 is 4.74 Å². The molecule has 0 aliphatic carbocycles. The summed E-state index contributed by atoms with van der Waals surface area (Å²) in [5, 5.41) is 9.77. The van der Waals surface area contributed by atoms with Crippen molar-refractivity contribution in [2.24, 2.45) is 7.05 Å². The molecular formula is C17H16ClN5O. The molecule has 0 aliphatic heterocycles. The van der Waals surface area contributed by atoms with Gasteiger partial charge in [0.15, 0.2) is 17.6 Å². The maximum Gasteiger partial charge on any atom is 0.171 e. The van der Waals surface area contributed by atoms with Crippen molar-refractivity contribution >= 4 is 22.8 Å². The van der Waals surface area contributed by atoms with Gasteiger partial charge in [0.25, 0.3) is 0 Å². The second-order valence-corrected chi connectivity index (χ2v) is 5.88. The first kappa shape index (κ1) is 16.2. The van der Waals surface area contributed by atoms with Gasteiger partial charge in [-0.2, -0.15) is 5.26 Å². The minimum Gasteiger partial charge on any atom is -0.481 e. The minimum atomic E-state index is -0.361. The lowest BCUT2D eigenvalue weighted by molar-refractivity contribution is 0.183. The topological polar surface area (TPSA) is 76.6 Å². The predicted molar refractivity (Wildman–Crippen MR) is 90.7 cm³/mol. The summed E-state index contributed by atoms with van der Waals surface area (Å²) in [6.07, 6.45) is 4.64. The van der Waals surface area contributed by atoms with Gasteiger partial charge in [-0.15, -0.1) is 0 Å². The number of aromatic nitrogens is 4. The van der Waals surface area contributed by atoms with Crippen LogP contribution in [0.1, 0.15) is 37.3 Å². The first-order valence-corrected chi connectivity index (χ1v) is 8.00. The fourth-order valence-corrected chi connectivity index (χ4v) is 2.59. The van der Waals surface area contributed by atoms with E-state index in [0.717, 1.165) is 24.0 Å². The van der Waals surface area contributed by atoms with E-state index < -0.39 is 0 Å². The molecule has 0 amide bonds. The Morgan fingerprint density at radius 1 is 1.38 bits per heavy atom. The summed E-state index contributed by atoms with van der Waals surface area (Å²) < 4.78 is 7.88. The summed E-state index contributed by atoms with van der Waals surface area (Å²) in [5.41, 5.74) is 1.91. The van der Waals surface area contributed by atoms with Crippen LogP contribution >= 0.6 is 11.6 Å². The molecule has 2 aromatic heterocycles. The molecule has 3 rings (SSSR count). The van der Waals surface area contributed by atoms with Crippen molar-refractivity contribution < 1.29 is 4.74 Å². The molecule has 0 spiro atoms. The monoisotopic (exact) mass is 341 g/mol. The second-order valence-electron chi connectivity index (χ2n) is 5.44. The smallest absolute Gasteiger partial charge is 0.171 e. The molecule has 24 heavy (non-hydrogen) atoms. The molecule has 3 aromatic rings. The Hall–Kier alpha value is -2.65. The fraction of sp³-hybridized carbons (Fsp3) is 0.294. The molecule has 0 saturated heterocycles. The van der Waals surface area contributed by atoms with Gasteiger partial charge in [-0.05, 0) is 18.6 Å². The summed E-state index contributed by atoms with van der Waals surface area (Å²) in [6, 6.07) is 7.07. The number of hydrogen-bond donors (Lipinski definition) is 0. The first-order chi connectivity index (χ1) is 11.6. The molecule has 0 bridgehead atoms. The van der Waals surface area contributed by atoms with Crippen molar-refractivity contribution in [1.29, 1.82) is 5.26 Å². The number of aryl methyl sites for hydroxylation is 1. The molecule has 1 unspecified atom stereocenters. The van der Waals surface area contributed by atoms with Crippen molar-refractivity contribution in [2.75, 3.05) is 0 Å². The van der Waals surface area contributed by atoms with Crippen LogP contribution in [0.5, 0.6) is 5.75 Å². The van der Waals surface area contributed by atoms with Crippen LogP contribution in [-0.4, -0.2) is 19.5 Å². The van der Waals surface area contributed by atoms with Crippen LogP contribution in [-0.2, 0) is 7.05 Å². The molecule has 0 N–H and O–H groups in total. The highest BCUT2D eigenvalue weighted by Crippen LogP contribution is 2.29. The van der Waals surface area contributed by atoms with Crippen molar-refractivity contribution in [2.45, 2.75) is 25.9 Å². The SMILES string of the molecule is CCCC(Oc1cc(Cl)ccc1C#N)c1ncc2ncn(C)c2n1. The van der Waals surface area contributed by atoms with E-state index >= 15 is 0 Å². The highest BCUT2D eigenvalue weighted by atomic mass is 35.5. The Morgan fingerprint density at radius 3 is 2.96 bits per heavy atom. The van der Waals surface area contributed by atoms with Gasteiger partial charge in [-0.25, -0.2) is 15.0 Å². The van der Waals surface area contributed by atoms with Crippen molar-refractivity contribution in [3.8, 4) is 11.8 Å². The number of ether oxygens (including phenoxy) is 1. The normalized spacial score (nSPS) is 12.1. The molecular weight excluding hydrogens is 326 g/mol. The van der Waals surface area contributed by atoms with Gasteiger partial charge in [0.05, 0.1) is 18.1 Å². The van der Waals surface area contributed by atoms with Crippen LogP contribution in [0.25, 0.3) is 11.2 Å². The van der Waals surface area contributed by atoms with Gasteiger partial charge >= 0.3 is 0 Å². The van der Waals surface area contributed by atoms with E-state index in [4.69, 9.17) is 16.3 Å². The Morgan fingerprint density at radius 2 is 2.21 bits per heavy atom. The summed E-state index contributed by atoms with van der Waals surface area (Å²) in [5.74, 6) is 1.01. The van der Waals surface area contributed by atoms with Crippen molar-refractivity contribution in [3.05, 3.63) is 47.1 Å². The first-order valence-electron chi connectivity index (χ1n) is 7.62. The number of rotatable bonds is 5. The molecule has 0 aliphatic rings. The van der Waals surface area contributed by atoms with Crippen LogP contribution in [0, 0.1) is 11.3 Å². The molecule has 1 atom stereocenters. The lowest BCUT2D eigenvalue weighted by atomic mass is 10.1. The molecule has 0 saturated carbocycles. The maximum atomic E-state index is 9.26. The fourth-order valence-electron chi connectivity index (χ4n) is 2.43. The van der Waals surface area contributed by atoms with E-state index in [-0.39, 0.29) is 6.10 Å². The van der Waals surface area contributed by atoms with E-state index in [0.29, 0.717) is 22.2 Å². The lowest BCUT2D eigenvalue weighted by Crippen LogP contribution is -2.12. The highest BCUT2D eigenvalue weighted by Gasteiger charge is 2.19. The summed E-state index contributed by atoms with van der Waals surface area (Å²) >= 11 is 6.03. The van der Waals surface area contributed by atoms with E-state index in [1.165, 1.54) is 0 Å². The zero-order valence-electron chi connectivity index (χ0n) is 13.4. The van der Waals surface area contributed by atoms with Crippen molar-refractivity contribution in [3.63, 3.8) is 0 Å². The number of nitrogens with zero attached hydrogens (tertiary/aromatic N) is 5. The number of nitriles is 1. The summed E-state index contributed by atoms with van der Waals surface area (Å²) in [4.78, 5) is 13.2. The molecule has 0 radical (unpaired) electrons. The Bertz CT molecular complexity index is 915. The van der Waals surface area contributed by atoms with E-state index in [1.807, 2.05) is 11.6 Å². The van der Waals surface area contributed by atoms with Crippen LogP contribution in [0.3, 0.4) is 0 Å². The molecule has 2 heterocycles. The number of hydrogen-bond acceptors (Lipinski definition) is 5. The average Bonchev–Trinajstić information content (AvgIpc) is 2.95. The maximum absolute atomic E-state index is 9.26. The zero-order chi connectivity index (χ0) is 17.1. The van der Waals surface area contributed by atoms with E-state index in [1.54, 1.807) is 30.7 Å². The number of imidazole rings is 1. The summed E-state index contributed by atoms with van der Waals surface area (Å²) in [7, 11) is 1.88. The van der Waals surface area contributed by atoms with Crippen LogP contribution in [0.4, 0.5) is 0 Å². The largest absolute Gasteiger partial charge is 0.481 e. The van der Waals surface area contributed by atoms with Gasteiger partial charge in [0, 0.05) is 18.1 Å². The van der Waals surface area contributed by atoms with Gasteiger partial charge in [-0.1, -0.05) is 24.9 Å². The quantitative estimate of drug-likeness (QED) is 0.705. The zero-order valence-corrected chi connectivity index (χ0v) is 14.2. The van der Waals surface area contributed by atoms with E-state index in [2.05, 4.69) is 27.9 Å². The molecule has 1 aromatic carbocycles. The minimum absolute atomic E-state index is 0.361. The predicted octanol–water partition coefficient (Wildman–Crippen LogP) is 3.81. The average molecular weight is 342 g/mol. The van der Waals surface area contributed by atoms with Gasteiger partial charge in [0.2, 0.25) is 0 Å². The third-order valence-corrected chi connectivity index (χ3v) is 3.88. The second kappa shape index (κ2) is 6.85. The Balaban J connectivity index is 1.98. The van der Waals surface area contributed by atoms with Gasteiger partial charge in [0.1, 0.15) is 17.3 Å². The third-order valence-electron chi connectivity index (χ3n) is 3.64. The molecule has 0 fully saturated rings. The standard InChI is InChI=1S/C17H16ClN5O/c1-3-4-14(24-15-7-12(18)6-5-11(15)8-19)16-20-9-13-17(22-16)23(2)10-21-13/h5-7,9-10,14H,3-4H2,1-2H3. The van der Waals surface area contributed by atoms with Crippen molar-refractivity contribution in [1.82, 2.24) is 19.5 Å².